The molecule has 0 saturated heterocycles. The standard InChI is InChI=1S/C16H25NO/c1-11(2)17-12(3)16(18)15-9-8-13-6-4-5-7-14(13)10-15/h8-12,16-18H,4-7H2,1-3H3/t12-,16-/m1/s1. The van der Waals surface area contributed by atoms with Crippen LogP contribution in [0.25, 0.3) is 0 Å². The number of aryl methyl sites for hydroxylation is 2. The lowest BCUT2D eigenvalue weighted by atomic mass is 9.88. The Bertz CT molecular complexity index is 400. The van der Waals surface area contributed by atoms with Crippen molar-refractivity contribution in [3.05, 3.63) is 34.9 Å². The SMILES string of the molecule is CC(C)N[C@H](C)[C@@H](O)c1ccc2c(c1)CCCC2. The summed E-state index contributed by atoms with van der Waals surface area (Å²) in [6.07, 6.45) is 4.54. The summed E-state index contributed by atoms with van der Waals surface area (Å²) in [5, 5.41) is 13.7. The smallest absolute Gasteiger partial charge is 0.0940 e. The third-order valence-corrected chi connectivity index (χ3v) is 3.78. The number of benzene rings is 1. The van der Waals surface area contributed by atoms with Gasteiger partial charge in [0.05, 0.1) is 6.10 Å². The third-order valence-electron chi connectivity index (χ3n) is 3.78. The Kier molecular flexibility index (Phi) is 4.41. The van der Waals surface area contributed by atoms with Crippen molar-refractivity contribution in [1.29, 1.82) is 0 Å². The van der Waals surface area contributed by atoms with Gasteiger partial charge in [-0.05, 0) is 49.3 Å². The molecule has 2 rings (SSSR count). The van der Waals surface area contributed by atoms with Crippen molar-refractivity contribution in [3.63, 3.8) is 0 Å². The van der Waals surface area contributed by atoms with Gasteiger partial charge in [-0.2, -0.15) is 0 Å². The Labute approximate surface area is 110 Å². The Morgan fingerprint density at radius 2 is 1.72 bits per heavy atom. The third kappa shape index (κ3) is 3.12. The molecule has 100 valence electrons. The number of nitrogens with one attached hydrogen (secondary N) is 1. The van der Waals surface area contributed by atoms with Crippen LogP contribution in [0.15, 0.2) is 18.2 Å². The first-order chi connectivity index (χ1) is 8.58. The van der Waals surface area contributed by atoms with Gasteiger partial charge in [-0.15, -0.1) is 0 Å². The Morgan fingerprint density at radius 1 is 1.06 bits per heavy atom. The number of fused-ring (bicyclic) bond motifs is 1. The van der Waals surface area contributed by atoms with Crippen LogP contribution in [0.2, 0.25) is 0 Å². The van der Waals surface area contributed by atoms with Crippen LogP contribution in [-0.4, -0.2) is 17.2 Å². The largest absolute Gasteiger partial charge is 0.387 e. The van der Waals surface area contributed by atoms with E-state index in [1.165, 1.54) is 36.8 Å². The van der Waals surface area contributed by atoms with Crippen molar-refractivity contribution >= 4 is 0 Å². The highest BCUT2D eigenvalue weighted by Gasteiger charge is 2.18. The van der Waals surface area contributed by atoms with E-state index in [4.69, 9.17) is 0 Å². The van der Waals surface area contributed by atoms with E-state index < -0.39 is 6.10 Å². The molecule has 1 aromatic carbocycles. The summed E-state index contributed by atoms with van der Waals surface area (Å²) in [6.45, 7) is 6.26. The summed E-state index contributed by atoms with van der Waals surface area (Å²) in [7, 11) is 0. The number of hydrogen-bond acceptors (Lipinski definition) is 2. The van der Waals surface area contributed by atoms with Crippen LogP contribution < -0.4 is 5.32 Å². The van der Waals surface area contributed by atoms with Crippen molar-refractivity contribution in [2.75, 3.05) is 0 Å². The van der Waals surface area contributed by atoms with E-state index >= 15 is 0 Å². The van der Waals surface area contributed by atoms with Crippen LogP contribution in [0.1, 0.15) is 56.4 Å². The molecule has 0 spiro atoms. The van der Waals surface area contributed by atoms with Gasteiger partial charge in [0.15, 0.2) is 0 Å². The van der Waals surface area contributed by atoms with E-state index in [9.17, 15) is 5.11 Å². The van der Waals surface area contributed by atoms with Crippen LogP contribution in [0.5, 0.6) is 0 Å². The second-order valence-corrected chi connectivity index (χ2v) is 5.79. The average Bonchev–Trinajstić information content (AvgIpc) is 2.36. The first-order valence-corrected chi connectivity index (χ1v) is 7.13. The molecule has 0 radical (unpaired) electrons. The van der Waals surface area contributed by atoms with Crippen molar-refractivity contribution in [2.24, 2.45) is 0 Å². The molecule has 1 aliphatic rings. The van der Waals surface area contributed by atoms with Gasteiger partial charge in [0.25, 0.3) is 0 Å². The van der Waals surface area contributed by atoms with Crippen LogP contribution in [0, 0.1) is 0 Å². The monoisotopic (exact) mass is 247 g/mol. The zero-order valence-corrected chi connectivity index (χ0v) is 11.7. The first-order valence-electron chi connectivity index (χ1n) is 7.13. The predicted octanol–water partition coefficient (Wildman–Crippen LogP) is 2.99. The molecule has 2 nitrogen and oxygen atoms in total. The minimum atomic E-state index is -0.417. The molecule has 0 amide bonds. The molecular weight excluding hydrogens is 222 g/mol. The van der Waals surface area contributed by atoms with E-state index in [-0.39, 0.29) is 6.04 Å². The first kappa shape index (κ1) is 13.6. The predicted molar refractivity (Wildman–Crippen MR) is 75.8 cm³/mol. The summed E-state index contributed by atoms with van der Waals surface area (Å²) < 4.78 is 0. The summed E-state index contributed by atoms with van der Waals surface area (Å²) >= 11 is 0. The summed E-state index contributed by atoms with van der Waals surface area (Å²) in [4.78, 5) is 0. The second-order valence-electron chi connectivity index (χ2n) is 5.79. The maximum Gasteiger partial charge on any atom is 0.0940 e. The lowest BCUT2D eigenvalue weighted by molar-refractivity contribution is 0.131. The molecular formula is C16H25NO. The van der Waals surface area contributed by atoms with Gasteiger partial charge >= 0.3 is 0 Å². The molecule has 18 heavy (non-hydrogen) atoms. The zero-order valence-electron chi connectivity index (χ0n) is 11.7. The van der Waals surface area contributed by atoms with Crippen molar-refractivity contribution < 1.29 is 5.11 Å². The fraction of sp³-hybridized carbons (Fsp3) is 0.625. The van der Waals surface area contributed by atoms with Gasteiger partial charge in [-0.25, -0.2) is 0 Å². The van der Waals surface area contributed by atoms with E-state index in [2.05, 4.69) is 37.4 Å². The van der Waals surface area contributed by atoms with Crippen LogP contribution >= 0.6 is 0 Å². The van der Waals surface area contributed by atoms with Gasteiger partial charge in [0.1, 0.15) is 0 Å². The van der Waals surface area contributed by atoms with Crippen molar-refractivity contribution in [1.82, 2.24) is 5.32 Å². The Hall–Kier alpha value is -0.860. The highest BCUT2D eigenvalue weighted by Crippen LogP contribution is 2.26. The van der Waals surface area contributed by atoms with Gasteiger partial charge in [-0.3, -0.25) is 0 Å². The van der Waals surface area contributed by atoms with Crippen LogP contribution in [0.3, 0.4) is 0 Å². The highest BCUT2D eigenvalue weighted by molar-refractivity contribution is 5.35. The molecule has 0 aliphatic heterocycles. The Morgan fingerprint density at radius 3 is 2.39 bits per heavy atom. The highest BCUT2D eigenvalue weighted by atomic mass is 16.3. The van der Waals surface area contributed by atoms with Gasteiger partial charge in [0.2, 0.25) is 0 Å². The molecule has 1 aliphatic carbocycles. The average molecular weight is 247 g/mol. The van der Waals surface area contributed by atoms with E-state index in [1.807, 2.05) is 6.92 Å². The Balaban J connectivity index is 2.12. The molecule has 0 bridgehead atoms. The summed E-state index contributed by atoms with van der Waals surface area (Å²) in [5.41, 5.74) is 3.97. The van der Waals surface area contributed by atoms with Gasteiger partial charge < -0.3 is 10.4 Å². The number of hydrogen-bond donors (Lipinski definition) is 2. The maximum atomic E-state index is 10.4. The molecule has 0 fully saturated rings. The molecule has 2 atom stereocenters. The van der Waals surface area contributed by atoms with Gasteiger partial charge in [-0.1, -0.05) is 32.0 Å². The quantitative estimate of drug-likeness (QED) is 0.857. The minimum absolute atomic E-state index is 0.0895. The fourth-order valence-corrected chi connectivity index (χ4v) is 2.84. The lowest BCUT2D eigenvalue weighted by Gasteiger charge is -2.24. The van der Waals surface area contributed by atoms with Crippen LogP contribution in [-0.2, 0) is 12.8 Å². The molecule has 0 saturated carbocycles. The van der Waals surface area contributed by atoms with E-state index in [0.29, 0.717) is 6.04 Å². The van der Waals surface area contributed by atoms with Crippen LogP contribution in [0.4, 0.5) is 0 Å². The molecule has 0 heterocycles. The van der Waals surface area contributed by atoms with Crippen molar-refractivity contribution in [2.45, 2.75) is 64.6 Å². The van der Waals surface area contributed by atoms with E-state index in [1.54, 1.807) is 0 Å². The lowest BCUT2D eigenvalue weighted by Crippen LogP contribution is -2.37. The molecule has 2 N–H and O–H groups in total. The fourth-order valence-electron chi connectivity index (χ4n) is 2.84. The maximum absolute atomic E-state index is 10.4. The summed E-state index contributed by atoms with van der Waals surface area (Å²) in [5.74, 6) is 0. The molecule has 1 aromatic rings. The molecule has 0 unspecified atom stereocenters. The number of aliphatic hydroxyl groups is 1. The summed E-state index contributed by atoms with van der Waals surface area (Å²) in [6, 6.07) is 6.99. The topological polar surface area (TPSA) is 32.3 Å². The van der Waals surface area contributed by atoms with Crippen molar-refractivity contribution in [3.8, 4) is 0 Å². The van der Waals surface area contributed by atoms with Gasteiger partial charge in [0, 0.05) is 12.1 Å². The molecule has 0 aromatic heterocycles. The zero-order chi connectivity index (χ0) is 13.1. The van der Waals surface area contributed by atoms with E-state index in [0.717, 1.165) is 5.56 Å². The minimum Gasteiger partial charge on any atom is -0.387 e. The molecule has 2 heteroatoms. The number of rotatable bonds is 4. The normalized spacial score (nSPS) is 18.5. The number of aliphatic hydroxyl groups excluding tert-OH is 1. The second kappa shape index (κ2) is 5.85.